The predicted molar refractivity (Wildman–Crippen MR) is 105 cm³/mol. The summed E-state index contributed by atoms with van der Waals surface area (Å²) in [7, 11) is -3.60. The maximum absolute atomic E-state index is 12.8. The summed E-state index contributed by atoms with van der Waals surface area (Å²) in [5.74, 6) is 0.0230. The highest BCUT2D eigenvalue weighted by molar-refractivity contribution is 7.90. The fraction of sp³-hybridized carbons (Fsp3) is 0.421. The van der Waals surface area contributed by atoms with Crippen LogP contribution >= 0.6 is 0 Å². The van der Waals surface area contributed by atoms with Gasteiger partial charge in [-0.3, -0.25) is 14.7 Å². The summed E-state index contributed by atoms with van der Waals surface area (Å²) in [5.41, 5.74) is 2.22. The molecule has 146 valence electrons. The van der Waals surface area contributed by atoms with Crippen molar-refractivity contribution in [2.24, 2.45) is 5.92 Å². The summed E-state index contributed by atoms with van der Waals surface area (Å²) in [6, 6.07) is 13.2. The van der Waals surface area contributed by atoms with E-state index in [-0.39, 0.29) is 12.3 Å². The second kappa shape index (κ2) is 8.69. The van der Waals surface area contributed by atoms with E-state index >= 15 is 0 Å². The minimum absolute atomic E-state index is 0.289. The molecule has 8 heteroatoms. The number of nitrogens with one attached hydrogen (secondary N) is 2. The van der Waals surface area contributed by atoms with Gasteiger partial charge in [-0.2, -0.15) is 12.7 Å². The van der Waals surface area contributed by atoms with Crippen molar-refractivity contribution < 1.29 is 18.4 Å². The van der Waals surface area contributed by atoms with E-state index in [1.54, 1.807) is 11.5 Å². The Bertz CT molecular complexity index is 887. The van der Waals surface area contributed by atoms with Crippen LogP contribution in [0.25, 0.3) is 10.8 Å². The van der Waals surface area contributed by atoms with Crippen LogP contribution in [0.1, 0.15) is 32.1 Å². The Hall–Kier alpha value is -2.16. The van der Waals surface area contributed by atoms with Gasteiger partial charge in [0.05, 0.1) is 5.69 Å². The molecule has 0 aliphatic carbocycles. The van der Waals surface area contributed by atoms with Gasteiger partial charge in [-0.15, -0.1) is 0 Å². The van der Waals surface area contributed by atoms with Crippen molar-refractivity contribution in [2.75, 3.05) is 17.8 Å². The van der Waals surface area contributed by atoms with Crippen LogP contribution in [0.2, 0.25) is 0 Å². The Morgan fingerprint density at radius 1 is 1.11 bits per heavy atom. The minimum Gasteiger partial charge on any atom is -0.289 e. The van der Waals surface area contributed by atoms with Gasteiger partial charge in [-0.05, 0) is 43.1 Å². The molecule has 0 bridgehead atoms. The smallest absolute Gasteiger partial charge is 0.289 e. The highest BCUT2D eigenvalue weighted by atomic mass is 32.2. The Balaban J connectivity index is 1.58. The molecular formula is C19H25N3O4S. The summed E-state index contributed by atoms with van der Waals surface area (Å²) in [5, 5.41) is 10.4. The number of hydroxylamine groups is 1. The van der Waals surface area contributed by atoms with Crippen LogP contribution in [0.3, 0.4) is 0 Å². The van der Waals surface area contributed by atoms with Gasteiger partial charge in [0.15, 0.2) is 0 Å². The fourth-order valence-electron chi connectivity index (χ4n) is 3.56. The molecule has 2 aromatic carbocycles. The number of anilines is 1. The summed E-state index contributed by atoms with van der Waals surface area (Å²) >= 11 is 0. The SMILES string of the molecule is O=C(CCCC1CCN(S(=O)(=O)Nc2cccc3ccccc23)CC1)NO. The topological polar surface area (TPSA) is 98.7 Å². The lowest BCUT2D eigenvalue weighted by Crippen LogP contribution is -2.41. The van der Waals surface area contributed by atoms with Gasteiger partial charge in [0.25, 0.3) is 0 Å². The molecule has 3 rings (SSSR count). The van der Waals surface area contributed by atoms with Gasteiger partial charge in [-0.1, -0.05) is 36.4 Å². The number of nitrogens with zero attached hydrogens (tertiary/aromatic N) is 1. The van der Waals surface area contributed by atoms with E-state index in [1.165, 1.54) is 4.31 Å². The van der Waals surface area contributed by atoms with Crippen molar-refractivity contribution in [3.05, 3.63) is 42.5 Å². The first-order valence-electron chi connectivity index (χ1n) is 9.18. The van der Waals surface area contributed by atoms with E-state index in [0.29, 0.717) is 31.1 Å². The molecule has 1 aliphatic heterocycles. The molecule has 7 nitrogen and oxygen atoms in total. The number of fused-ring (bicyclic) bond motifs is 1. The van der Waals surface area contributed by atoms with E-state index < -0.39 is 10.2 Å². The van der Waals surface area contributed by atoms with Gasteiger partial charge < -0.3 is 0 Å². The fourth-order valence-corrected chi connectivity index (χ4v) is 4.84. The average Bonchev–Trinajstić information content (AvgIpc) is 2.68. The molecule has 2 aromatic rings. The van der Waals surface area contributed by atoms with Gasteiger partial charge in [0.2, 0.25) is 5.91 Å². The third-order valence-corrected chi connectivity index (χ3v) is 6.61. The van der Waals surface area contributed by atoms with Crippen LogP contribution in [-0.4, -0.2) is 36.9 Å². The average molecular weight is 391 g/mol. The summed E-state index contributed by atoms with van der Waals surface area (Å²) < 4.78 is 29.8. The maximum atomic E-state index is 12.8. The van der Waals surface area contributed by atoms with Crippen LogP contribution in [0.15, 0.2) is 42.5 Å². The first-order valence-corrected chi connectivity index (χ1v) is 10.6. The third-order valence-electron chi connectivity index (χ3n) is 5.08. The van der Waals surface area contributed by atoms with Crippen LogP contribution < -0.4 is 10.2 Å². The maximum Gasteiger partial charge on any atom is 0.301 e. The lowest BCUT2D eigenvalue weighted by Gasteiger charge is -2.31. The van der Waals surface area contributed by atoms with Gasteiger partial charge in [0.1, 0.15) is 0 Å². The van der Waals surface area contributed by atoms with E-state index in [1.807, 2.05) is 36.4 Å². The van der Waals surface area contributed by atoms with Crippen LogP contribution in [-0.2, 0) is 15.0 Å². The number of carbonyl (C=O) groups excluding carboxylic acids is 1. The number of hydrogen-bond donors (Lipinski definition) is 3. The summed E-state index contributed by atoms with van der Waals surface area (Å²) in [6.07, 6.45) is 3.39. The van der Waals surface area contributed by atoms with Crippen LogP contribution in [0, 0.1) is 5.92 Å². The predicted octanol–water partition coefficient (Wildman–Crippen LogP) is 2.88. The molecule has 1 saturated heterocycles. The number of benzene rings is 2. The van der Waals surface area contributed by atoms with Crippen molar-refractivity contribution in [1.82, 2.24) is 9.79 Å². The zero-order valence-electron chi connectivity index (χ0n) is 15.1. The minimum atomic E-state index is -3.60. The van der Waals surface area contributed by atoms with Gasteiger partial charge in [0, 0.05) is 24.9 Å². The third kappa shape index (κ3) is 4.97. The van der Waals surface area contributed by atoms with Crippen LogP contribution in [0.4, 0.5) is 5.69 Å². The Morgan fingerprint density at radius 2 is 1.81 bits per heavy atom. The highest BCUT2D eigenvalue weighted by Gasteiger charge is 2.28. The monoisotopic (exact) mass is 391 g/mol. The van der Waals surface area contributed by atoms with Crippen molar-refractivity contribution in [3.63, 3.8) is 0 Å². The number of rotatable bonds is 7. The van der Waals surface area contributed by atoms with Crippen molar-refractivity contribution >= 4 is 32.6 Å². The molecule has 1 fully saturated rings. The molecule has 0 spiro atoms. The number of piperidine rings is 1. The molecule has 0 atom stereocenters. The van der Waals surface area contributed by atoms with Crippen molar-refractivity contribution in [3.8, 4) is 0 Å². The normalized spacial score (nSPS) is 16.3. The number of carbonyl (C=O) groups is 1. The lowest BCUT2D eigenvalue weighted by molar-refractivity contribution is -0.129. The molecule has 27 heavy (non-hydrogen) atoms. The standard InChI is InChI=1S/C19H25N3O4S/c23-19(20-24)10-3-5-15-11-13-22(14-12-15)27(25,26)21-18-9-4-7-16-6-1-2-8-17(16)18/h1-2,4,6-9,15,21,24H,3,5,10-14H2,(H,20,23). The summed E-state index contributed by atoms with van der Waals surface area (Å²) in [6.45, 7) is 0.938. The van der Waals surface area contributed by atoms with Crippen LogP contribution in [0.5, 0.6) is 0 Å². The Labute approximate surface area is 159 Å². The highest BCUT2D eigenvalue weighted by Crippen LogP contribution is 2.27. The van der Waals surface area contributed by atoms with Gasteiger partial charge in [-0.25, -0.2) is 5.48 Å². The van der Waals surface area contributed by atoms with Crippen molar-refractivity contribution in [1.29, 1.82) is 0 Å². The second-order valence-corrected chi connectivity index (χ2v) is 8.57. The lowest BCUT2D eigenvalue weighted by atomic mass is 9.92. The molecule has 1 amide bonds. The molecule has 0 aromatic heterocycles. The molecule has 0 radical (unpaired) electrons. The van der Waals surface area contributed by atoms with E-state index in [9.17, 15) is 13.2 Å². The quantitative estimate of drug-likeness (QED) is 0.499. The number of hydrogen-bond acceptors (Lipinski definition) is 4. The molecule has 1 heterocycles. The molecule has 1 aliphatic rings. The largest absolute Gasteiger partial charge is 0.301 e. The Kier molecular flexibility index (Phi) is 6.30. The molecule has 0 saturated carbocycles. The molecular weight excluding hydrogens is 366 g/mol. The van der Waals surface area contributed by atoms with Gasteiger partial charge >= 0.3 is 10.2 Å². The van der Waals surface area contributed by atoms with E-state index in [0.717, 1.165) is 30.0 Å². The summed E-state index contributed by atoms with van der Waals surface area (Å²) in [4.78, 5) is 11.0. The number of amides is 1. The van der Waals surface area contributed by atoms with Crippen molar-refractivity contribution in [2.45, 2.75) is 32.1 Å². The second-order valence-electron chi connectivity index (χ2n) is 6.90. The Morgan fingerprint density at radius 3 is 2.56 bits per heavy atom. The zero-order valence-corrected chi connectivity index (χ0v) is 15.9. The first kappa shape index (κ1) is 19.6. The van der Waals surface area contributed by atoms with E-state index in [4.69, 9.17) is 5.21 Å². The van der Waals surface area contributed by atoms with E-state index in [2.05, 4.69) is 4.72 Å². The molecule has 3 N–H and O–H groups in total. The molecule has 0 unspecified atom stereocenters. The first-order chi connectivity index (χ1) is 13.0. The zero-order chi connectivity index (χ0) is 19.3.